The lowest BCUT2D eigenvalue weighted by Gasteiger charge is -2.19. The summed E-state index contributed by atoms with van der Waals surface area (Å²) in [5.74, 6) is 0. The van der Waals surface area contributed by atoms with Crippen LogP contribution in [-0.4, -0.2) is 9.78 Å². The first-order valence-electron chi connectivity index (χ1n) is 7.22. The molecule has 2 heteroatoms. The summed E-state index contributed by atoms with van der Waals surface area (Å²) < 4.78 is 1.97. The molecule has 0 N–H and O–H groups in total. The van der Waals surface area contributed by atoms with E-state index in [1.165, 1.54) is 12.0 Å². The molecule has 0 radical (unpaired) electrons. The second-order valence-corrected chi connectivity index (χ2v) is 5.80. The van der Waals surface area contributed by atoms with Gasteiger partial charge in [0.1, 0.15) is 0 Å². The molecular formula is C17H24N2. The zero-order valence-corrected chi connectivity index (χ0v) is 12.5. The minimum absolute atomic E-state index is 0.146. The van der Waals surface area contributed by atoms with E-state index in [0.29, 0.717) is 0 Å². The van der Waals surface area contributed by atoms with Crippen LogP contribution in [0.5, 0.6) is 0 Å². The molecule has 0 aliphatic rings. The van der Waals surface area contributed by atoms with Crippen molar-refractivity contribution in [2.24, 2.45) is 0 Å². The van der Waals surface area contributed by atoms with E-state index in [2.05, 4.69) is 64.2 Å². The van der Waals surface area contributed by atoms with Crippen LogP contribution in [0.1, 0.15) is 51.8 Å². The minimum Gasteiger partial charge on any atom is -0.241 e. The van der Waals surface area contributed by atoms with Gasteiger partial charge in [-0.25, -0.2) is 4.68 Å². The lowest BCUT2D eigenvalue weighted by atomic mass is 9.87. The van der Waals surface area contributed by atoms with E-state index in [-0.39, 0.29) is 5.41 Å². The molecule has 0 aliphatic heterocycles. The fraction of sp³-hybridized carbons (Fsp3) is 0.471. The van der Waals surface area contributed by atoms with E-state index in [4.69, 9.17) is 5.10 Å². The van der Waals surface area contributed by atoms with Crippen LogP contribution in [0.4, 0.5) is 0 Å². The van der Waals surface area contributed by atoms with E-state index in [9.17, 15) is 0 Å². The van der Waals surface area contributed by atoms with Gasteiger partial charge in [0.25, 0.3) is 0 Å². The van der Waals surface area contributed by atoms with Gasteiger partial charge in [-0.1, -0.05) is 46.2 Å². The van der Waals surface area contributed by atoms with Crippen LogP contribution < -0.4 is 0 Å². The fourth-order valence-corrected chi connectivity index (χ4v) is 2.11. The molecule has 0 aliphatic carbocycles. The Morgan fingerprint density at radius 2 is 1.74 bits per heavy atom. The highest BCUT2D eigenvalue weighted by Gasteiger charge is 2.20. The summed E-state index contributed by atoms with van der Waals surface area (Å²) in [5, 5.41) is 4.72. The van der Waals surface area contributed by atoms with Crippen molar-refractivity contribution in [1.29, 1.82) is 0 Å². The number of aromatic nitrogens is 2. The lowest BCUT2D eigenvalue weighted by molar-refractivity contribution is 0.485. The fourth-order valence-electron chi connectivity index (χ4n) is 2.11. The SMILES string of the molecule is CCCc1ccc(-n2ccc(C(C)(C)CC)n2)cc1. The average Bonchev–Trinajstić information content (AvgIpc) is 2.90. The molecule has 2 nitrogen and oxygen atoms in total. The maximum absolute atomic E-state index is 4.72. The van der Waals surface area contributed by atoms with Crippen molar-refractivity contribution in [3.63, 3.8) is 0 Å². The quantitative estimate of drug-likeness (QED) is 0.769. The summed E-state index contributed by atoms with van der Waals surface area (Å²) >= 11 is 0. The molecule has 1 heterocycles. The maximum Gasteiger partial charge on any atom is 0.0685 e. The maximum atomic E-state index is 4.72. The smallest absolute Gasteiger partial charge is 0.0685 e. The van der Waals surface area contributed by atoms with Gasteiger partial charge in [0.2, 0.25) is 0 Å². The molecule has 0 unspecified atom stereocenters. The monoisotopic (exact) mass is 256 g/mol. The number of rotatable bonds is 5. The topological polar surface area (TPSA) is 17.8 Å². The Kier molecular flexibility index (Phi) is 4.08. The number of aryl methyl sites for hydroxylation is 1. The number of nitrogens with zero attached hydrogens (tertiary/aromatic N) is 2. The third-order valence-electron chi connectivity index (χ3n) is 3.91. The van der Waals surface area contributed by atoms with E-state index in [1.54, 1.807) is 0 Å². The molecule has 0 amide bonds. The van der Waals surface area contributed by atoms with Gasteiger partial charge in [-0.3, -0.25) is 0 Å². The van der Waals surface area contributed by atoms with Crippen molar-refractivity contribution in [2.75, 3.05) is 0 Å². The summed E-state index contributed by atoms with van der Waals surface area (Å²) in [6, 6.07) is 10.8. The van der Waals surface area contributed by atoms with Crippen molar-refractivity contribution in [3.8, 4) is 5.69 Å². The third-order valence-corrected chi connectivity index (χ3v) is 3.91. The van der Waals surface area contributed by atoms with Crippen molar-refractivity contribution < 1.29 is 0 Å². The minimum atomic E-state index is 0.146. The molecule has 2 rings (SSSR count). The van der Waals surface area contributed by atoms with Crippen molar-refractivity contribution in [2.45, 2.75) is 52.4 Å². The lowest BCUT2D eigenvalue weighted by Crippen LogP contribution is -2.16. The van der Waals surface area contributed by atoms with Crippen LogP contribution in [-0.2, 0) is 11.8 Å². The predicted molar refractivity (Wildman–Crippen MR) is 80.9 cm³/mol. The van der Waals surface area contributed by atoms with Gasteiger partial charge in [0.05, 0.1) is 11.4 Å². The van der Waals surface area contributed by atoms with Crippen LogP contribution in [0, 0.1) is 0 Å². The number of benzene rings is 1. The molecule has 0 atom stereocenters. The number of hydrogen-bond donors (Lipinski definition) is 0. The molecule has 19 heavy (non-hydrogen) atoms. The highest BCUT2D eigenvalue weighted by molar-refractivity contribution is 5.34. The Hall–Kier alpha value is -1.57. The zero-order valence-electron chi connectivity index (χ0n) is 12.5. The first-order valence-corrected chi connectivity index (χ1v) is 7.22. The Morgan fingerprint density at radius 3 is 2.32 bits per heavy atom. The normalized spacial score (nSPS) is 11.8. The Morgan fingerprint density at radius 1 is 1.05 bits per heavy atom. The third kappa shape index (κ3) is 3.06. The van der Waals surface area contributed by atoms with Crippen LogP contribution in [0.2, 0.25) is 0 Å². The van der Waals surface area contributed by atoms with Crippen molar-refractivity contribution >= 4 is 0 Å². The molecule has 0 saturated heterocycles. The van der Waals surface area contributed by atoms with Gasteiger partial charge in [0.15, 0.2) is 0 Å². The molecule has 0 fully saturated rings. The van der Waals surface area contributed by atoms with Gasteiger partial charge in [-0.15, -0.1) is 0 Å². The highest BCUT2D eigenvalue weighted by atomic mass is 15.3. The molecule has 1 aromatic carbocycles. The van der Waals surface area contributed by atoms with E-state index >= 15 is 0 Å². The molecule has 1 aromatic heterocycles. The molecule has 2 aromatic rings. The Balaban J connectivity index is 2.23. The highest BCUT2D eigenvalue weighted by Crippen LogP contribution is 2.25. The summed E-state index contributed by atoms with van der Waals surface area (Å²) in [7, 11) is 0. The molecule has 0 saturated carbocycles. The standard InChI is InChI=1S/C17H24N2/c1-5-7-14-8-10-15(11-9-14)19-13-12-16(18-19)17(3,4)6-2/h8-13H,5-7H2,1-4H3. The van der Waals surface area contributed by atoms with Crippen LogP contribution in [0.25, 0.3) is 5.69 Å². The second-order valence-electron chi connectivity index (χ2n) is 5.80. The summed E-state index contributed by atoms with van der Waals surface area (Å²) in [6.07, 6.45) is 5.49. The zero-order chi connectivity index (χ0) is 13.9. The van der Waals surface area contributed by atoms with E-state index in [0.717, 1.165) is 24.2 Å². The van der Waals surface area contributed by atoms with Crippen LogP contribution in [0.3, 0.4) is 0 Å². The second kappa shape index (κ2) is 5.60. The molecule has 0 spiro atoms. The van der Waals surface area contributed by atoms with Crippen LogP contribution in [0.15, 0.2) is 36.5 Å². The average molecular weight is 256 g/mol. The summed E-state index contributed by atoms with van der Waals surface area (Å²) in [5.41, 5.74) is 3.84. The first kappa shape index (κ1) is 13.9. The molecular weight excluding hydrogens is 232 g/mol. The molecule has 0 bridgehead atoms. The number of hydrogen-bond acceptors (Lipinski definition) is 1. The summed E-state index contributed by atoms with van der Waals surface area (Å²) in [4.78, 5) is 0. The largest absolute Gasteiger partial charge is 0.241 e. The van der Waals surface area contributed by atoms with Gasteiger partial charge < -0.3 is 0 Å². The Bertz CT molecular complexity index is 520. The molecule has 102 valence electrons. The van der Waals surface area contributed by atoms with Crippen molar-refractivity contribution in [1.82, 2.24) is 9.78 Å². The van der Waals surface area contributed by atoms with Gasteiger partial charge >= 0.3 is 0 Å². The van der Waals surface area contributed by atoms with E-state index in [1.807, 2.05) is 4.68 Å². The van der Waals surface area contributed by atoms with Gasteiger partial charge in [-0.05, 0) is 36.6 Å². The van der Waals surface area contributed by atoms with Gasteiger partial charge in [-0.2, -0.15) is 5.10 Å². The summed E-state index contributed by atoms with van der Waals surface area (Å²) in [6.45, 7) is 8.90. The van der Waals surface area contributed by atoms with Crippen molar-refractivity contribution in [3.05, 3.63) is 47.8 Å². The Labute approximate surface area is 116 Å². The van der Waals surface area contributed by atoms with E-state index < -0.39 is 0 Å². The van der Waals surface area contributed by atoms with Gasteiger partial charge in [0, 0.05) is 11.6 Å². The predicted octanol–water partition coefficient (Wildman–Crippen LogP) is 4.51. The van der Waals surface area contributed by atoms with Crippen LogP contribution >= 0.6 is 0 Å². The first-order chi connectivity index (χ1) is 9.06.